The number of para-hydroxylation sites is 1. The van der Waals surface area contributed by atoms with Gasteiger partial charge in [0.05, 0.1) is 28.7 Å². The number of sulfonamides is 2. The minimum absolute atomic E-state index is 0. The number of hydrogen-bond donors (Lipinski definition) is 1. The summed E-state index contributed by atoms with van der Waals surface area (Å²) in [5.41, 5.74) is 2.04. The third kappa shape index (κ3) is 4.62. The van der Waals surface area contributed by atoms with Gasteiger partial charge in [-0.1, -0.05) is 30.3 Å². The van der Waals surface area contributed by atoms with Gasteiger partial charge in [0.2, 0.25) is 10.0 Å². The number of nitrogens with one attached hydrogen (secondary N) is 1. The van der Waals surface area contributed by atoms with E-state index in [1.165, 1.54) is 45.0 Å². The molecule has 1 N–H and O–H groups in total. The summed E-state index contributed by atoms with van der Waals surface area (Å²) in [6.45, 7) is 1.53. The highest BCUT2D eigenvalue weighted by atomic mass is 32.2. The molecule has 0 bridgehead atoms. The van der Waals surface area contributed by atoms with Crippen LogP contribution in [-0.2, 0) is 31.2 Å². The van der Waals surface area contributed by atoms with E-state index in [-0.39, 0.29) is 35.6 Å². The Balaban J connectivity index is 0.00000320. The maximum absolute atomic E-state index is 13.3. The summed E-state index contributed by atoms with van der Waals surface area (Å²) in [6.07, 6.45) is 0.624. The second-order valence-corrected chi connectivity index (χ2v) is 12.3. The van der Waals surface area contributed by atoms with Crippen LogP contribution in [0.15, 0.2) is 82.6 Å². The van der Waals surface area contributed by atoms with E-state index in [0.29, 0.717) is 31.9 Å². The van der Waals surface area contributed by atoms with Crippen LogP contribution in [0.1, 0.15) is 17.3 Å². The first kappa shape index (κ1) is 24.4. The number of ether oxygens (including phenoxy) is 1. The molecule has 0 spiro atoms. The van der Waals surface area contributed by atoms with Gasteiger partial charge in [-0.05, 0) is 54.4 Å². The summed E-state index contributed by atoms with van der Waals surface area (Å²) >= 11 is 0. The number of carbonyl (C=O) groups is 1. The molecule has 5 rings (SSSR count). The molecule has 0 radical (unpaired) electrons. The summed E-state index contributed by atoms with van der Waals surface area (Å²) in [5.74, 6) is -0.546. The fraction of sp³-hybridized carbons (Fsp3) is 0.240. The maximum atomic E-state index is 13.3. The lowest BCUT2D eigenvalue weighted by molar-refractivity contribution is 0.0730. The molecule has 190 valence electrons. The Morgan fingerprint density at radius 2 is 1.50 bits per heavy atom. The third-order valence-corrected chi connectivity index (χ3v) is 9.93. The van der Waals surface area contributed by atoms with Crippen molar-refractivity contribution < 1.29 is 27.8 Å². The van der Waals surface area contributed by atoms with Crippen LogP contribution < -0.4 is 9.62 Å². The molecule has 0 aromatic heterocycles. The number of benzene rings is 3. The Morgan fingerprint density at radius 3 is 2.28 bits per heavy atom. The molecule has 2 aliphatic rings. The zero-order chi connectivity index (χ0) is 25.3. The molecule has 36 heavy (non-hydrogen) atoms. The van der Waals surface area contributed by atoms with E-state index in [0.717, 1.165) is 5.56 Å². The van der Waals surface area contributed by atoms with Crippen molar-refractivity contribution in [1.82, 2.24) is 4.31 Å². The van der Waals surface area contributed by atoms with E-state index in [2.05, 4.69) is 5.32 Å². The highest BCUT2D eigenvalue weighted by Crippen LogP contribution is 2.33. The Labute approximate surface area is 211 Å². The zero-order valence-corrected chi connectivity index (χ0v) is 21.0. The van der Waals surface area contributed by atoms with E-state index in [1.54, 1.807) is 24.3 Å². The quantitative estimate of drug-likeness (QED) is 0.525. The fourth-order valence-corrected chi connectivity index (χ4v) is 7.36. The molecule has 2 aliphatic heterocycles. The monoisotopic (exact) mass is 529 g/mol. The molecule has 11 heteroatoms. The highest BCUT2D eigenvalue weighted by Gasteiger charge is 2.31. The number of carbonyl (C=O) groups excluding carboxylic acids is 1. The van der Waals surface area contributed by atoms with Gasteiger partial charge in [-0.15, -0.1) is 0 Å². The van der Waals surface area contributed by atoms with Gasteiger partial charge in [-0.3, -0.25) is 9.10 Å². The second-order valence-electron chi connectivity index (χ2n) is 8.48. The van der Waals surface area contributed by atoms with E-state index in [4.69, 9.17) is 4.74 Å². The van der Waals surface area contributed by atoms with Crippen LogP contribution in [0.5, 0.6) is 0 Å². The Kier molecular flexibility index (Phi) is 6.56. The lowest BCUT2D eigenvalue weighted by Gasteiger charge is -2.26. The average Bonchev–Trinajstić information content (AvgIpc) is 3.35. The fourth-order valence-electron chi connectivity index (χ4n) is 4.36. The summed E-state index contributed by atoms with van der Waals surface area (Å²) in [7, 11) is -7.59. The number of fused-ring (bicyclic) bond motifs is 1. The molecular formula is C25H27N3O6S2. The van der Waals surface area contributed by atoms with Crippen LogP contribution in [0, 0.1) is 0 Å². The van der Waals surface area contributed by atoms with Crippen LogP contribution in [-0.4, -0.2) is 59.9 Å². The Hall–Kier alpha value is -3.25. The van der Waals surface area contributed by atoms with Crippen molar-refractivity contribution >= 4 is 37.3 Å². The molecule has 0 atom stereocenters. The Morgan fingerprint density at radius 1 is 0.806 bits per heavy atom. The number of amides is 1. The molecule has 2 heterocycles. The maximum Gasteiger partial charge on any atom is 0.264 e. The lowest BCUT2D eigenvalue weighted by atomic mass is 10.2. The predicted molar refractivity (Wildman–Crippen MR) is 137 cm³/mol. The van der Waals surface area contributed by atoms with Crippen molar-refractivity contribution in [2.75, 3.05) is 42.5 Å². The molecule has 0 saturated carbocycles. The molecular weight excluding hydrogens is 502 g/mol. The van der Waals surface area contributed by atoms with Crippen molar-refractivity contribution in [3.8, 4) is 0 Å². The van der Waals surface area contributed by atoms with Gasteiger partial charge >= 0.3 is 0 Å². The van der Waals surface area contributed by atoms with Crippen molar-refractivity contribution in [2.24, 2.45) is 0 Å². The van der Waals surface area contributed by atoms with Crippen LogP contribution in [0.25, 0.3) is 0 Å². The van der Waals surface area contributed by atoms with Crippen molar-refractivity contribution in [2.45, 2.75) is 16.2 Å². The minimum Gasteiger partial charge on any atom is -0.379 e. The molecule has 0 unspecified atom stereocenters. The van der Waals surface area contributed by atoms with Gasteiger partial charge in [0.15, 0.2) is 0 Å². The smallest absolute Gasteiger partial charge is 0.264 e. The summed E-state index contributed by atoms with van der Waals surface area (Å²) in [4.78, 5) is 13.1. The van der Waals surface area contributed by atoms with Crippen LogP contribution in [0.4, 0.5) is 11.4 Å². The number of anilines is 2. The minimum atomic E-state index is -3.86. The second kappa shape index (κ2) is 9.66. The number of nitrogens with zero attached hydrogens (tertiary/aromatic N) is 2. The lowest BCUT2D eigenvalue weighted by Crippen LogP contribution is -2.40. The number of morpholine rings is 1. The average molecular weight is 530 g/mol. The first-order chi connectivity index (χ1) is 17.3. The van der Waals surface area contributed by atoms with Crippen molar-refractivity contribution in [3.05, 3.63) is 83.9 Å². The first-order valence-corrected chi connectivity index (χ1v) is 14.3. The number of hydrogen-bond acceptors (Lipinski definition) is 6. The standard InChI is InChI=1S/C25H25N3O6S2.H2/c29-25(26-21-7-4-9-23(18-21)35(30,31)27-13-15-34-16-14-27)20-6-3-8-22(17-20)36(32,33)28-12-11-19-5-1-2-10-24(19)28;/h1-10,17-18H,11-16H2,(H,26,29);1H. The van der Waals surface area contributed by atoms with Gasteiger partial charge in [0.25, 0.3) is 15.9 Å². The molecule has 0 aliphatic carbocycles. The third-order valence-electron chi connectivity index (χ3n) is 6.23. The SMILES string of the molecule is O=C(Nc1cccc(S(=O)(=O)N2CCOCC2)c1)c1cccc(S(=O)(=O)N2CCc3ccccc32)c1.[HH]. The normalized spacial score (nSPS) is 16.5. The highest BCUT2D eigenvalue weighted by molar-refractivity contribution is 7.92. The van der Waals surface area contributed by atoms with Gasteiger partial charge in [0, 0.05) is 32.3 Å². The zero-order valence-electron chi connectivity index (χ0n) is 19.3. The van der Waals surface area contributed by atoms with Gasteiger partial charge in [-0.25, -0.2) is 16.8 Å². The van der Waals surface area contributed by atoms with E-state index in [1.807, 2.05) is 12.1 Å². The topological polar surface area (TPSA) is 113 Å². The summed E-state index contributed by atoms with van der Waals surface area (Å²) in [5, 5.41) is 2.68. The van der Waals surface area contributed by atoms with Gasteiger partial charge in [-0.2, -0.15) is 4.31 Å². The van der Waals surface area contributed by atoms with Crippen LogP contribution in [0.3, 0.4) is 0 Å². The largest absolute Gasteiger partial charge is 0.379 e. The van der Waals surface area contributed by atoms with Gasteiger partial charge in [0.1, 0.15) is 0 Å². The predicted octanol–water partition coefficient (Wildman–Crippen LogP) is 2.96. The molecule has 3 aromatic rings. The number of rotatable bonds is 6. The van der Waals surface area contributed by atoms with E-state index in [9.17, 15) is 21.6 Å². The molecule has 9 nitrogen and oxygen atoms in total. The van der Waals surface area contributed by atoms with E-state index >= 15 is 0 Å². The molecule has 3 aromatic carbocycles. The first-order valence-electron chi connectivity index (χ1n) is 11.5. The van der Waals surface area contributed by atoms with Gasteiger partial charge < -0.3 is 10.1 Å². The van der Waals surface area contributed by atoms with Crippen molar-refractivity contribution in [3.63, 3.8) is 0 Å². The Bertz CT molecular complexity index is 1520. The van der Waals surface area contributed by atoms with Crippen LogP contribution >= 0.6 is 0 Å². The van der Waals surface area contributed by atoms with Crippen molar-refractivity contribution in [1.29, 1.82) is 0 Å². The van der Waals surface area contributed by atoms with Crippen LogP contribution in [0.2, 0.25) is 0 Å². The molecule has 1 fully saturated rings. The summed E-state index contributed by atoms with van der Waals surface area (Å²) in [6, 6.07) is 19.2. The molecule has 1 amide bonds. The van der Waals surface area contributed by atoms with E-state index < -0.39 is 26.0 Å². The summed E-state index contributed by atoms with van der Waals surface area (Å²) < 4.78 is 60.5. The molecule has 1 saturated heterocycles.